The van der Waals surface area contributed by atoms with E-state index in [1.54, 1.807) is 24.1 Å². The molecule has 3 aromatic rings. The molecule has 3 rings (SSSR count). The van der Waals surface area contributed by atoms with E-state index in [9.17, 15) is 4.79 Å². The lowest BCUT2D eigenvalue weighted by Gasteiger charge is -2.22. The second-order valence-electron chi connectivity index (χ2n) is 6.51. The molecule has 152 valence electrons. The second kappa shape index (κ2) is 10.4. The van der Waals surface area contributed by atoms with Crippen LogP contribution < -0.4 is 4.74 Å². The van der Waals surface area contributed by atoms with Gasteiger partial charge in [-0.05, 0) is 42.8 Å². The molecule has 0 saturated carbocycles. The van der Waals surface area contributed by atoms with Crippen molar-refractivity contribution in [2.75, 3.05) is 20.3 Å². The van der Waals surface area contributed by atoms with Crippen molar-refractivity contribution < 1.29 is 14.3 Å². The van der Waals surface area contributed by atoms with Crippen molar-refractivity contribution >= 4 is 28.8 Å². The number of carbonyl (C=O) groups excluding carboxylic acids is 1. The lowest BCUT2D eigenvalue weighted by molar-refractivity contribution is 0.0677. The number of aromatic nitrogens is 1. The number of aryl methyl sites for hydroxylation is 1. The van der Waals surface area contributed by atoms with Gasteiger partial charge in [-0.2, -0.15) is 0 Å². The molecular weight excluding hydrogens is 408 g/mol. The fourth-order valence-electron chi connectivity index (χ4n) is 2.80. The summed E-state index contributed by atoms with van der Waals surface area (Å²) in [6, 6.07) is 14.8. The lowest BCUT2D eigenvalue weighted by atomic mass is 10.1. The van der Waals surface area contributed by atoms with Gasteiger partial charge >= 0.3 is 0 Å². The van der Waals surface area contributed by atoms with Crippen LogP contribution >= 0.6 is 22.9 Å². The van der Waals surface area contributed by atoms with E-state index in [2.05, 4.69) is 4.98 Å². The molecule has 1 heterocycles. The molecule has 0 aliphatic heterocycles. The van der Waals surface area contributed by atoms with Gasteiger partial charge in [0.2, 0.25) is 0 Å². The Morgan fingerprint density at radius 1 is 1.17 bits per heavy atom. The molecule has 0 saturated heterocycles. The summed E-state index contributed by atoms with van der Waals surface area (Å²) in [6.07, 6.45) is 0. The summed E-state index contributed by atoms with van der Waals surface area (Å²) < 4.78 is 10.9. The van der Waals surface area contributed by atoms with Crippen LogP contribution in [0.15, 0.2) is 53.9 Å². The number of ether oxygens (including phenoxy) is 2. The summed E-state index contributed by atoms with van der Waals surface area (Å²) in [7, 11) is 1.63. The van der Waals surface area contributed by atoms with Crippen LogP contribution in [0, 0.1) is 6.92 Å². The van der Waals surface area contributed by atoms with E-state index in [4.69, 9.17) is 21.1 Å². The zero-order valence-electron chi connectivity index (χ0n) is 16.4. The number of carbonyl (C=O) groups is 1. The number of hydrogen-bond donors (Lipinski definition) is 0. The van der Waals surface area contributed by atoms with Gasteiger partial charge in [-0.15, -0.1) is 11.3 Å². The first-order valence-electron chi connectivity index (χ1n) is 9.22. The maximum atomic E-state index is 13.0. The van der Waals surface area contributed by atoms with Crippen molar-refractivity contribution in [3.8, 4) is 5.75 Å². The molecule has 0 unspecified atom stereocenters. The first kappa shape index (κ1) is 21.3. The lowest BCUT2D eigenvalue weighted by Crippen LogP contribution is -2.34. The van der Waals surface area contributed by atoms with Crippen LogP contribution in [-0.2, 0) is 17.9 Å². The van der Waals surface area contributed by atoms with E-state index in [0.29, 0.717) is 36.9 Å². The highest BCUT2D eigenvalue weighted by molar-refractivity contribution is 7.09. The predicted molar refractivity (Wildman–Crippen MR) is 116 cm³/mol. The van der Waals surface area contributed by atoms with Gasteiger partial charge in [-0.3, -0.25) is 4.79 Å². The summed E-state index contributed by atoms with van der Waals surface area (Å²) in [4.78, 5) is 19.4. The normalized spacial score (nSPS) is 10.7. The van der Waals surface area contributed by atoms with Crippen LogP contribution in [0.4, 0.5) is 0 Å². The fraction of sp³-hybridized carbons (Fsp3) is 0.273. The fourth-order valence-corrected chi connectivity index (χ4v) is 3.62. The van der Waals surface area contributed by atoms with Crippen LogP contribution in [0.1, 0.15) is 26.6 Å². The number of halogens is 1. The average molecular weight is 431 g/mol. The molecule has 1 amide bonds. The van der Waals surface area contributed by atoms with Gasteiger partial charge in [0, 0.05) is 29.6 Å². The summed E-state index contributed by atoms with van der Waals surface area (Å²) >= 11 is 7.41. The number of thiazole rings is 1. The van der Waals surface area contributed by atoms with Gasteiger partial charge in [-0.25, -0.2) is 4.98 Å². The van der Waals surface area contributed by atoms with Crippen molar-refractivity contribution in [3.05, 3.63) is 80.8 Å². The number of hydrogen-bond acceptors (Lipinski definition) is 5. The van der Waals surface area contributed by atoms with E-state index < -0.39 is 0 Å². The highest BCUT2D eigenvalue weighted by Gasteiger charge is 2.19. The third-order valence-electron chi connectivity index (χ3n) is 4.36. The quantitative estimate of drug-likeness (QED) is 0.480. The van der Waals surface area contributed by atoms with Crippen LogP contribution in [0.3, 0.4) is 0 Å². The highest BCUT2D eigenvalue weighted by Crippen LogP contribution is 2.19. The van der Waals surface area contributed by atoms with Gasteiger partial charge in [0.25, 0.3) is 5.91 Å². The molecule has 0 fully saturated rings. The first-order valence-corrected chi connectivity index (χ1v) is 10.5. The third-order valence-corrected chi connectivity index (χ3v) is 5.48. The van der Waals surface area contributed by atoms with Crippen LogP contribution in [0.5, 0.6) is 5.75 Å². The maximum Gasteiger partial charge on any atom is 0.254 e. The Balaban J connectivity index is 1.66. The minimum absolute atomic E-state index is 0.0212. The van der Waals surface area contributed by atoms with Crippen molar-refractivity contribution in [3.63, 3.8) is 0 Å². The molecule has 0 atom stereocenters. The second-order valence-corrected chi connectivity index (χ2v) is 7.89. The first-order chi connectivity index (χ1) is 14.1. The molecule has 0 spiro atoms. The Morgan fingerprint density at radius 2 is 1.93 bits per heavy atom. The largest absolute Gasteiger partial charge is 0.486 e. The summed E-state index contributed by atoms with van der Waals surface area (Å²) in [6.45, 7) is 3.70. The van der Waals surface area contributed by atoms with Crippen LogP contribution in [0.25, 0.3) is 0 Å². The summed E-state index contributed by atoms with van der Waals surface area (Å²) in [5.74, 6) is 0.717. The zero-order chi connectivity index (χ0) is 20.6. The highest BCUT2D eigenvalue weighted by atomic mass is 35.5. The van der Waals surface area contributed by atoms with E-state index >= 15 is 0 Å². The third kappa shape index (κ3) is 6.03. The minimum Gasteiger partial charge on any atom is -0.486 e. The van der Waals surface area contributed by atoms with Crippen molar-refractivity contribution in [2.24, 2.45) is 0 Å². The van der Waals surface area contributed by atoms with E-state index in [1.807, 2.05) is 48.7 Å². The molecule has 5 nitrogen and oxygen atoms in total. The number of methoxy groups -OCH3 is 1. The van der Waals surface area contributed by atoms with Gasteiger partial charge in [-0.1, -0.05) is 29.8 Å². The molecule has 29 heavy (non-hydrogen) atoms. The molecular formula is C22H23ClN2O3S. The summed E-state index contributed by atoms with van der Waals surface area (Å²) in [5, 5.41) is 3.49. The molecule has 0 radical (unpaired) electrons. The molecule has 1 aromatic heterocycles. The topological polar surface area (TPSA) is 51.7 Å². The number of amides is 1. The van der Waals surface area contributed by atoms with Crippen molar-refractivity contribution in [1.29, 1.82) is 0 Å². The van der Waals surface area contributed by atoms with Gasteiger partial charge < -0.3 is 14.4 Å². The standard InChI is InChI=1S/C22H23ClN2O3S/c1-16-5-3-4-6-20(16)22(26)25(11-12-27-2)13-18-15-29-21(24-18)14-28-19-9-7-17(23)8-10-19/h3-10,15H,11-14H2,1-2H3. The van der Waals surface area contributed by atoms with Crippen LogP contribution in [0.2, 0.25) is 5.02 Å². The summed E-state index contributed by atoms with van der Waals surface area (Å²) in [5.41, 5.74) is 2.49. The Morgan fingerprint density at radius 3 is 2.66 bits per heavy atom. The minimum atomic E-state index is -0.0212. The molecule has 7 heteroatoms. The Hall–Kier alpha value is -2.41. The van der Waals surface area contributed by atoms with Gasteiger partial charge in [0.1, 0.15) is 17.4 Å². The number of benzene rings is 2. The van der Waals surface area contributed by atoms with Crippen molar-refractivity contribution in [1.82, 2.24) is 9.88 Å². The molecule has 0 aliphatic carbocycles. The SMILES string of the molecule is COCCN(Cc1csc(COc2ccc(Cl)cc2)n1)C(=O)c1ccccc1C. The van der Waals surface area contributed by atoms with E-state index in [-0.39, 0.29) is 5.91 Å². The van der Waals surface area contributed by atoms with Gasteiger partial charge in [0.15, 0.2) is 0 Å². The molecule has 0 bridgehead atoms. The van der Waals surface area contributed by atoms with Gasteiger partial charge in [0.05, 0.1) is 18.8 Å². The maximum absolute atomic E-state index is 13.0. The average Bonchev–Trinajstić information content (AvgIpc) is 3.18. The Kier molecular flexibility index (Phi) is 7.63. The Labute approximate surface area is 179 Å². The Bertz CT molecular complexity index is 943. The molecule has 0 N–H and O–H groups in total. The smallest absolute Gasteiger partial charge is 0.254 e. The molecule has 2 aromatic carbocycles. The number of rotatable bonds is 9. The van der Waals surface area contributed by atoms with Crippen LogP contribution in [-0.4, -0.2) is 36.1 Å². The number of nitrogens with zero attached hydrogens (tertiary/aromatic N) is 2. The van der Waals surface area contributed by atoms with E-state index in [0.717, 1.165) is 22.0 Å². The predicted octanol–water partition coefficient (Wildman–Crippen LogP) is 4.97. The molecule has 0 aliphatic rings. The van der Waals surface area contributed by atoms with Crippen molar-refractivity contribution in [2.45, 2.75) is 20.1 Å². The monoisotopic (exact) mass is 430 g/mol. The zero-order valence-corrected chi connectivity index (χ0v) is 18.0. The van der Waals surface area contributed by atoms with E-state index in [1.165, 1.54) is 11.3 Å².